The van der Waals surface area contributed by atoms with Gasteiger partial charge >= 0.3 is 0 Å². The zero-order chi connectivity index (χ0) is 15.7. The molecule has 116 valence electrons. The first kappa shape index (κ1) is 14.2. The van der Waals surface area contributed by atoms with Crippen LogP contribution >= 0.6 is 0 Å². The number of ketones is 1. The molecule has 0 heterocycles. The molecule has 0 fully saturated rings. The van der Waals surface area contributed by atoms with Crippen LogP contribution in [0.15, 0.2) is 46.1 Å². The summed E-state index contributed by atoms with van der Waals surface area (Å²) in [5.74, 6) is 0.924. The Hall–Kier alpha value is -1.37. The highest BCUT2D eigenvalue weighted by molar-refractivity contribution is 6.05. The van der Waals surface area contributed by atoms with Crippen molar-refractivity contribution in [1.82, 2.24) is 0 Å². The molecule has 0 aromatic carbocycles. The van der Waals surface area contributed by atoms with E-state index in [1.807, 2.05) is 13.0 Å². The Balaban J connectivity index is 1.89. The molecular formula is C21H26O. The average Bonchev–Trinajstić information content (AvgIpc) is 2.78. The van der Waals surface area contributed by atoms with Crippen molar-refractivity contribution in [3.05, 3.63) is 46.1 Å². The molecule has 4 aliphatic rings. The van der Waals surface area contributed by atoms with Crippen molar-refractivity contribution in [3.63, 3.8) is 0 Å². The quantitative estimate of drug-likeness (QED) is 0.592. The average molecular weight is 294 g/mol. The lowest BCUT2D eigenvalue weighted by Gasteiger charge is -2.47. The van der Waals surface area contributed by atoms with Crippen LogP contribution < -0.4 is 0 Å². The van der Waals surface area contributed by atoms with E-state index >= 15 is 0 Å². The first-order valence-corrected chi connectivity index (χ1v) is 8.74. The third kappa shape index (κ3) is 1.68. The molecule has 4 aliphatic carbocycles. The van der Waals surface area contributed by atoms with Gasteiger partial charge in [0.2, 0.25) is 0 Å². The maximum absolute atomic E-state index is 12.1. The standard InChI is InChI=1S/C21H26O/c1-13-11-18-15-5-6-16-14(2)19(22)8-10-21(16,4)17(15)7-9-20(18,3)12-13/h8,10-11,13H,5-7,9,12H2,1-4H3/t13-,20-,21+/m0/s1. The van der Waals surface area contributed by atoms with Crippen LogP contribution in [0.25, 0.3) is 0 Å². The number of carbonyl (C=O) groups is 1. The van der Waals surface area contributed by atoms with E-state index in [2.05, 4.69) is 32.9 Å². The van der Waals surface area contributed by atoms with Crippen LogP contribution in [-0.2, 0) is 4.79 Å². The number of allylic oxidation sites excluding steroid dienone is 8. The summed E-state index contributed by atoms with van der Waals surface area (Å²) < 4.78 is 0. The molecule has 0 spiro atoms. The fourth-order valence-electron chi connectivity index (χ4n) is 5.63. The third-order valence-corrected chi connectivity index (χ3v) is 6.76. The fraction of sp³-hybridized carbons (Fsp3) is 0.571. The van der Waals surface area contributed by atoms with Crippen molar-refractivity contribution in [2.45, 2.75) is 59.8 Å². The Labute approximate surface area is 133 Å². The van der Waals surface area contributed by atoms with Crippen LogP contribution in [0.1, 0.15) is 59.8 Å². The first-order chi connectivity index (χ1) is 10.3. The van der Waals surface area contributed by atoms with Crippen LogP contribution in [0.2, 0.25) is 0 Å². The van der Waals surface area contributed by atoms with E-state index in [0.29, 0.717) is 11.3 Å². The monoisotopic (exact) mass is 294 g/mol. The van der Waals surface area contributed by atoms with Gasteiger partial charge in [-0.2, -0.15) is 0 Å². The van der Waals surface area contributed by atoms with Crippen molar-refractivity contribution >= 4 is 5.78 Å². The van der Waals surface area contributed by atoms with Crippen molar-refractivity contribution in [2.75, 3.05) is 0 Å². The lowest BCUT2D eigenvalue weighted by molar-refractivity contribution is -0.111. The second kappa shape index (κ2) is 4.34. The highest BCUT2D eigenvalue weighted by Crippen LogP contribution is 2.60. The number of hydrogen-bond donors (Lipinski definition) is 0. The maximum Gasteiger partial charge on any atom is 0.181 e. The van der Waals surface area contributed by atoms with Crippen molar-refractivity contribution < 1.29 is 4.79 Å². The Morgan fingerprint density at radius 1 is 1.14 bits per heavy atom. The molecule has 0 aromatic rings. The highest BCUT2D eigenvalue weighted by Gasteiger charge is 2.47. The molecule has 0 bridgehead atoms. The van der Waals surface area contributed by atoms with Gasteiger partial charge in [-0.15, -0.1) is 0 Å². The Bertz CT molecular complexity index is 699. The summed E-state index contributed by atoms with van der Waals surface area (Å²) in [7, 11) is 0. The van der Waals surface area contributed by atoms with E-state index in [9.17, 15) is 4.79 Å². The van der Waals surface area contributed by atoms with Crippen LogP contribution in [0.4, 0.5) is 0 Å². The molecule has 0 unspecified atom stereocenters. The maximum atomic E-state index is 12.1. The second-order valence-electron chi connectivity index (χ2n) is 8.28. The summed E-state index contributed by atoms with van der Waals surface area (Å²) in [6.45, 7) is 9.18. The van der Waals surface area contributed by atoms with Crippen LogP contribution in [0.3, 0.4) is 0 Å². The van der Waals surface area contributed by atoms with Crippen LogP contribution in [-0.4, -0.2) is 5.78 Å². The van der Waals surface area contributed by atoms with Gasteiger partial charge in [-0.25, -0.2) is 0 Å². The zero-order valence-corrected chi connectivity index (χ0v) is 14.3. The number of fused-ring (bicyclic) bond motifs is 4. The largest absolute Gasteiger partial charge is 0.290 e. The number of hydrogen-bond acceptors (Lipinski definition) is 1. The molecule has 4 rings (SSSR count). The van der Waals surface area contributed by atoms with Gasteiger partial charge in [0.05, 0.1) is 0 Å². The van der Waals surface area contributed by atoms with Gasteiger partial charge in [-0.3, -0.25) is 4.79 Å². The molecule has 3 atom stereocenters. The molecule has 0 aliphatic heterocycles. The molecule has 1 nitrogen and oxygen atoms in total. The second-order valence-corrected chi connectivity index (χ2v) is 8.28. The Kier molecular flexibility index (Phi) is 2.81. The molecule has 0 radical (unpaired) electrons. The van der Waals surface area contributed by atoms with E-state index in [1.54, 1.807) is 16.7 Å². The van der Waals surface area contributed by atoms with E-state index in [0.717, 1.165) is 18.4 Å². The van der Waals surface area contributed by atoms with E-state index < -0.39 is 0 Å². The van der Waals surface area contributed by atoms with Crippen molar-refractivity contribution in [3.8, 4) is 0 Å². The van der Waals surface area contributed by atoms with Crippen molar-refractivity contribution in [2.24, 2.45) is 16.7 Å². The molecular weight excluding hydrogens is 268 g/mol. The molecule has 0 aromatic heterocycles. The van der Waals surface area contributed by atoms with Gasteiger partial charge in [-0.05, 0) is 85.7 Å². The van der Waals surface area contributed by atoms with Gasteiger partial charge in [0.15, 0.2) is 5.78 Å². The summed E-state index contributed by atoms with van der Waals surface area (Å²) in [6, 6.07) is 0. The van der Waals surface area contributed by atoms with E-state index in [-0.39, 0.29) is 11.2 Å². The van der Waals surface area contributed by atoms with Gasteiger partial charge in [-0.1, -0.05) is 31.6 Å². The number of rotatable bonds is 0. The van der Waals surface area contributed by atoms with Crippen molar-refractivity contribution in [1.29, 1.82) is 0 Å². The minimum absolute atomic E-state index is 0.000422. The lowest BCUT2D eigenvalue weighted by atomic mass is 9.57. The van der Waals surface area contributed by atoms with Gasteiger partial charge in [0, 0.05) is 5.41 Å². The summed E-state index contributed by atoms with van der Waals surface area (Å²) in [5.41, 5.74) is 7.67. The van der Waals surface area contributed by atoms with Crippen LogP contribution in [0, 0.1) is 16.7 Å². The molecule has 1 heteroatoms. The van der Waals surface area contributed by atoms with E-state index in [1.165, 1.54) is 24.8 Å². The molecule has 22 heavy (non-hydrogen) atoms. The predicted molar refractivity (Wildman–Crippen MR) is 90.4 cm³/mol. The molecule has 0 saturated carbocycles. The summed E-state index contributed by atoms with van der Waals surface area (Å²) in [6.07, 6.45) is 12.5. The summed E-state index contributed by atoms with van der Waals surface area (Å²) in [5, 5.41) is 0. The lowest BCUT2D eigenvalue weighted by Crippen LogP contribution is -2.35. The topological polar surface area (TPSA) is 17.1 Å². The smallest absolute Gasteiger partial charge is 0.181 e. The minimum atomic E-state index is -0.000422. The minimum Gasteiger partial charge on any atom is -0.290 e. The fourth-order valence-corrected chi connectivity index (χ4v) is 5.63. The normalized spacial score (nSPS) is 40.5. The molecule has 0 amide bonds. The molecule has 0 N–H and O–H groups in total. The molecule has 0 saturated heterocycles. The third-order valence-electron chi connectivity index (χ3n) is 6.76. The van der Waals surface area contributed by atoms with E-state index in [4.69, 9.17) is 0 Å². The van der Waals surface area contributed by atoms with Gasteiger partial charge < -0.3 is 0 Å². The van der Waals surface area contributed by atoms with Gasteiger partial charge in [0.25, 0.3) is 0 Å². The summed E-state index contributed by atoms with van der Waals surface area (Å²) in [4.78, 5) is 12.1. The van der Waals surface area contributed by atoms with Crippen LogP contribution in [0.5, 0.6) is 0 Å². The number of carbonyl (C=O) groups excluding carboxylic acids is 1. The summed E-state index contributed by atoms with van der Waals surface area (Å²) >= 11 is 0. The Morgan fingerprint density at radius 3 is 2.68 bits per heavy atom. The first-order valence-electron chi connectivity index (χ1n) is 8.74. The Morgan fingerprint density at radius 2 is 1.91 bits per heavy atom. The highest BCUT2D eigenvalue weighted by atomic mass is 16.1. The SMILES string of the molecule is CC1=C2CCC3=C(CC[C@@]4(C)C[C@@H](C)C=C34)[C@]2(C)C=CC1=O. The predicted octanol–water partition coefficient (Wildman–Crippen LogP) is 5.30. The zero-order valence-electron chi connectivity index (χ0n) is 14.3. The van der Waals surface area contributed by atoms with Gasteiger partial charge in [0.1, 0.15) is 0 Å².